The van der Waals surface area contributed by atoms with Gasteiger partial charge in [-0.1, -0.05) is 13.8 Å². The van der Waals surface area contributed by atoms with E-state index in [0.29, 0.717) is 5.88 Å². The van der Waals surface area contributed by atoms with Crippen molar-refractivity contribution in [3.05, 3.63) is 0 Å². The molecule has 0 aliphatic carbocycles. The van der Waals surface area contributed by atoms with Crippen LogP contribution in [0.25, 0.3) is 0 Å². The van der Waals surface area contributed by atoms with Crippen LogP contribution < -0.4 is 10.9 Å². The molecule has 0 unspecified atom stereocenters. The average molecular weight is 166 g/mol. The average Bonchev–Trinajstić information content (AvgIpc) is 1.90. The van der Waals surface area contributed by atoms with Gasteiger partial charge < -0.3 is 0 Å². The number of hydrogen-bond donors (Lipinski definition) is 2. The highest BCUT2D eigenvalue weighted by molar-refractivity contribution is 6.18. The Hall–Kier alpha value is 0.170. The van der Waals surface area contributed by atoms with Gasteiger partial charge >= 0.3 is 0 Å². The van der Waals surface area contributed by atoms with Crippen LogP contribution in [0.2, 0.25) is 0 Å². The van der Waals surface area contributed by atoms with Gasteiger partial charge in [0.05, 0.1) is 0 Å². The Morgan fingerprint density at radius 3 is 2.00 bits per heavy atom. The summed E-state index contributed by atoms with van der Waals surface area (Å²) in [6.45, 7) is 6.77. The lowest BCUT2D eigenvalue weighted by Crippen LogP contribution is -2.48. The molecule has 0 saturated carbocycles. The molecule has 4 heteroatoms. The summed E-state index contributed by atoms with van der Waals surface area (Å²) in [7, 11) is 0. The van der Waals surface area contributed by atoms with Crippen molar-refractivity contribution in [2.45, 2.75) is 13.8 Å². The lowest BCUT2D eigenvalue weighted by atomic mass is 10.7. The molecule has 0 bridgehead atoms. The zero-order valence-corrected chi connectivity index (χ0v) is 7.41. The molecule has 0 aliphatic heterocycles. The molecule has 0 amide bonds. The number of halogens is 1. The monoisotopic (exact) mass is 165 g/mol. The summed E-state index contributed by atoms with van der Waals surface area (Å²) in [5.41, 5.74) is 6.24. The molecule has 0 aromatic carbocycles. The first-order valence-corrected chi connectivity index (χ1v) is 4.19. The molecule has 0 saturated heterocycles. The maximum Gasteiger partial charge on any atom is 0.0424 e. The molecule has 0 heterocycles. The van der Waals surface area contributed by atoms with Gasteiger partial charge in [-0.3, -0.25) is 0 Å². The van der Waals surface area contributed by atoms with Crippen molar-refractivity contribution < 1.29 is 0 Å². The number of nitrogens with zero attached hydrogens (tertiary/aromatic N) is 1. The Bertz CT molecular complexity index is 55.7. The maximum atomic E-state index is 5.55. The Morgan fingerprint density at radius 1 is 1.20 bits per heavy atom. The molecule has 0 radical (unpaired) electrons. The van der Waals surface area contributed by atoms with Crippen LogP contribution in [0.5, 0.6) is 0 Å². The summed E-state index contributed by atoms with van der Waals surface area (Å²) < 4.78 is 0. The molecule has 0 aliphatic rings. The van der Waals surface area contributed by atoms with Crippen LogP contribution in [0.4, 0.5) is 0 Å². The lowest BCUT2D eigenvalue weighted by molar-refractivity contribution is 0.130. The summed E-state index contributed by atoms with van der Waals surface area (Å²) in [6, 6.07) is 0. The Morgan fingerprint density at radius 2 is 1.70 bits per heavy atom. The first kappa shape index (κ1) is 10.2. The molecule has 0 spiro atoms. The fraction of sp³-hybridized carbons (Fsp3) is 1.00. The van der Waals surface area contributed by atoms with E-state index < -0.39 is 0 Å². The first-order chi connectivity index (χ1) is 4.85. The number of nitrogens with one attached hydrogen (secondary N) is 2. The zero-order valence-electron chi connectivity index (χ0n) is 6.65. The molecule has 0 fully saturated rings. The van der Waals surface area contributed by atoms with Crippen LogP contribution in [0.15, 0.2) is 0 Å². The van der Waals surface area contributed by atoms with Gasteiger partial charge in [0.1, 0.15) is 0 Å². The number of hydrazine groups is 2. The van der Waals surface area contributed by atoms with Gasteiger partial charge in [-0.2, -0.15) is 5.12 Å². The van der Waals surface area contributed by atoms with E-state index in [1.54, 1.807) is 0 Å². The molecular formula is C6H16ClN3. The van der Waals surface area contributed by atoms with Crippen LogP contribution in [0.3, 0.4) is 0 Å². The van der Waals surface area contributed by atoms with Gasteiger partial charge in [0, 0.05) is 25.5 Å². The van der Waals surface area contributed by atoms with Gasteiger partial charge in [0.25, 0.3) is 0 Å². The third-order valence-electron chi connectivity index (χ3n) is 1.01. The normalized spacial score (nSPS) is 10.8. The van der Waals surface area contributed by atoms with Crippen molar-refractivity contribution in [2.24, 2.45) is 0 Å². The predicted octanol–water partition coefficient (Wildman–Crippen LogP) is 0.576. The number of alkyl halides is 1. The van der Waals surface area contributed by atoms with Gasteiger partial charge in [-0.05, 0) is 0 Å². The van der Waals surface area contributed by atoms with Gasteiger partial charge in [-0.15, -0.1) is 11.6 Å². The number of hydrogen-bond acceptors (Lipinski definition) is 3. The summed E-state index contributed by atoms with van der Waals surface area (Å²) in [5, 5.41) is 1.91. The Kier molecular flexibility index (Phi) is 7.40. The first-order valence-electron chi connectivity index (χ1n) is 3.65. The second-order valence-corrected chi connectivity index (χ2v) is 2.24. The van der Waals surface area contributed by atoms with Gasteiger partial charge in [0.2, 0.25) is 0 Å². The smallest absolute Gasteiger partial charge is 0.0424 e. The van der Waals surface area contributed by atoms with E-state index in [9.17, 15) is 0 Å². The van der Waals surface area contributed by atoms with E-state index in [-0.39, 0.29) is 0 Å². The SMILES string of the molecule is CCNN(CCCl)NCC. The van der Waals surface area contributed by atoms with Crippen LogP contribution in [-0.2, 0) is 0 Å². The minimum absolute atomic E-state index is 0.639. The van der Waals surface area contributed by atoms with E-state index in [0.717, 1.165) is 19.6 Å². The third kappa shape index (κ3) is 4.99. The van der Waals surface area contributed by atoms with Crippen molar-refractivity contribution in [1.82, 2.24) is 16.0 Å². The van der Waals surface area contributed by atoms with Gasteiger partial charge in [-0.25, -0.2) is 10.9 Å². The highest BCUT2D eigenvalue weighted by Gasteiger charge is 1.96. The summed E-state index contributed by atoms with van der Waals surface area (Å²) in [6.07, 6.45) is 0. The summed E-state index contributed by atoms with van der Waals surface area (Å²) in [4.78, 5) is 0. The van der Waals surface area contributed by atoms with E-state index in [4.69, 9.17) is 11.6 Å². The quantitative estimate of drug-likeness (QED) is 0.446. The lowest BCUT2D eigenvalue weighted by Gasteiger charge is -2.21. The molecule has 0 aromatic rings. The van der Waals surface area contributed by atoms with Crippen LogP contribution in [-0.4, -0.2) is 30.6 Å². The second-order valence-electron chi connectivity index (χ2n) is 1.86. The molecule has 0 atom stereocenters. The standard InChI is InChI=1S/C6H16ClN3/c1-3-8-10(6-5-7)9-4-2/h8-9H,3-6H2,1-2H3. The largest absolute Gasteiger partial charge is 0.242 e. The third-order valence-corrected chi connectivity index (χ3v) is 1.18. The summed E-state index contributed by atoms with van der Waals surface area (Å²) in [5.74, 6) is 0.639. The predicted molar refractivity (Wildman–Crippen MR) is 44.8 cm³/mol. The highest BCUT2D eigenvalue weighted by atomic mass is 35.5. The molecule has 0 aromatic heterocycles. The Balaban J connectivity index is 3.30. The van der Waals surface area contributed by atoms with E-state index in [1.165, 1.54) is 0 Å². The zero-order chi connectivity index (χ0) is 7.82. The van der Waals surface area contributed by atoms with Crippen molar-refractivity contribution in [1.29, 1.82) is 0 Å². The fourth-order valence-corrected chi connectivity index (χ4v) is 0.849. The molecule has 2 N–H and O–H groups in total. The second kappa shape index (κ2) is 7.28. The van der Waals surface area contributed by atoms with Gasteiger partial charge in [0.15, 0.2) is 0 Å². The van der Waals surface area contributed by atoms with E-state index >= 15 is 0 Å². The maximum absolute atomic E-state index is 5.55. The minimum Gasteiger partial charge on any atom is -0.242 e. The van der Waals surface area contributed by atoms with Crippen molar-refractivity contribution >= 4 is 11.6 Å². The summed E-state index contributed by atoms with van der Waals surface area (Å²) >= 11 is 5.55. The van der Waals surface area contributed by atoms with Crippen molar-refractivity contribution in [2.75, 3.05) is 25.5 Å². The molecular weight excluding hydrogens is 150 g/mol. The van der Waals surface area contributed by atoms with Crippen molar-refractivity contribution in [3.63, 3.8) is 0 Å². The highest BCUT2D eigenvalue weighted by Crippen LogP contribution is 1.78. The molecule has 10 heavy (non-hydrogen) atoms. The van der Waals surface area contributed by atoms with Crippen molar-refractivity contribution in [3.8, 4) is 0 Å². The Labute approximate surface area is 67.7 Å². The van der Waals surface area contributed by atoms with Crippen LogP contribution in [0, 0.1) is 0 Å². The molecule has 62 valence electrons. The topological polar surface area (TPSA) is 27.3 Å². The van der Waals surface area contributed by atoms with E-state index in [1.807, 2.05) is 5.12 Å². The molecule has 0 rings (SSSR count). The molecule has 3 nitrogen and oxygen atoms in total. The van der Waals surface area contributed by atoms with Crippen LogP contribution in [0.1, 0.15) is 13.8 Å². The van der Waals surface area contributed by atoms with E-state index in [2.05, 4.69) is 24.7 Å². The fourth-order valence-electron chi connectivity index (χ4n) is 0.680. The number of rotatable bonds is 6. The van der Waals surface area contributed by atoms with Crippen LogP contribution >= 0.6 is 11.6 Å². The minimum atomic E-state index is 0.639.